The highest BCUT2D eigenvalue weighted by Crippen LogP contribution is 2.62. The van der Waals surface area contributed by atoms with Gasteiger partial charge in [-0.15, -0.1) is 11.8 Å². The minimum atomic E-state index is -3.51. The minimum Gasteiger partial charge on any atom is -0.463 e. The highest BCUT2D eigenvalue weighted by molar-refractivity contribution is 8.14. The fraction of sp³-hybridized carbons (Fsp3) is 0.733. The van der Waals surface area contributed by atoms with E-state index < -0.39 is 83.3 Å². The summed E-state index contributed by atoms with van der Waals surface area (Å²) in [5.74, 6) is -0.0531. The summed E-state index contributed by atoms with van der Waals surface area (Å²) in [6, 6.07) is 0. The van der Waals surface area contributed by atoms with Gasteiger partial charge in [0.15, 0.2) is 0 Å². The lowest BCUT2D eigenvalue weighted by Gasteiger charge is -2.32. The Morgan fingerprint density at radius 2 is 1.14 bits per heavy atom. The van der Waals surface area contributed by atoms with Crippen LogP contribution in [0.1, 0.15) is 59.8 Å². The third kappa shape index (κ3) is 13.3. The quantitative estimate of drug-likeness (QED) is 0.0747. The van der Waals surface area contributed by atoms with Crippen LogP contribution in [0, 0.1) is 23.2 Å². The summed E-state index contributed by atoms with van der Waals surface area (Å²) >= 11 is 4.77. The molecule has 15 atom stereocenters. The van der Waals surface area contributed by atoms with Crippen molar-refractivity contribution in [3.63, 3.8) is 0 Å². The van der Waals surface area contributed by atoms with E-state index in [4.69, 9.17) is 36.2 Å². The predicted molar refractivity (Wildman–Crippen MR) is 271 cm³/mol. The van der Waals surface area contributed by atoms with E-state index >= 15 is 0 Å². The first-order chi connectivity index (χ1) is 34.2. The highest BCUT2D eigenvalue weighted by Gasteiger charge is 2.70. The van der Waals surface area contributed by atoms with Gasteiger partial charge in [0.05, 0.1) is 34.1 Å². The Morgan fingerprint density at radius 1 is 0.616 bits per heavy atom. The third-order valence-electron chi connectivity index (χ3n) is 14.1. The zero-order chi connectivity index (χ0) is 53.4. The lowest BCUT2D eigenvalue weighted by Crippen LogP contribution is -2.42. The number of carbonyl (C=O) groups is 6. The van der Waals surface area contributed by atoms with Gasteiger partial charge in [-0.05, 0) is 80.9 Å². The smallest absolute Gasteiger partial charge is 0.332 e. The molecule has 1 N–H and O–H groups in total. The first kappa shape index (κ1) is 58.3. The molecule has 5 heterocycles. The lowest BCUT2D eigenvalue weighted by molar-refractivity contribution is -0.156. The number of hydrogen-bond acceptors (Lipinski definition) is 24. The van der Waals surface area contributed by atoms with Gasteiger partial charge in [-0.25, -0.2) is 9.59 Å². The molecule has 73 heavy (non-hydrogen) atoms. The van der Waals surface area contributed by atoms with Crippen molar-refractivity contribution in [2.45, 2.75) is 123 Å². The molecule has 0 spiro atoms. The summed E-state index contributed by atoms with van der Waals surface area (Å²) in [5, 5.41) is 1.03. The molecule has 15 unspecified atom stereocenters. The van der Waals surface area contributed by atoms with Gasteiger partial charge in [-0.2, -0.15) is 25.3 Å². The van der Waals surface area contributed by atoms with Gasteiger partial charge >= 0.3 is 11.9 Å². The molecule has 4 aliphatic carbocycles. The summed E-state index contributed by atoms with van der Waals surface area (Å²) < 4.78 is 114. The van der Waals surface area contributed by atoms with Crippen molar-refractivity contribution in [3.05, 3.63) is 36.5 Å². The van der Waals surface area contributed by atoms with Crippen LogP contribution in [0.15, 0.2) is 36.5 Å². The number of fused-ring (bicyclic) bond motifs is 3. The molecule has 0 aromatic heterocycles. The molecule has 0 aromatic carbocycles. The van der Waals surface area contributed by atoms with Crippen LogP contribution in [0.3, 0.4) is 0 Å². The van der Waals surface area contributed by atoms with Crippen molar-refractivity contribution in [1.82, 2.24) is 5.32 Å². The van der Waals surface area contributed by atoms with Crippen LogP contribution in [-0.4, -0.2) is 178 Å². The van der Waals surface area contributed by atoms with Crippen molar-refractivity contribution >= 4 is 111 Å². The van der Waals surface area contributed by atoms with E-state index in [9.17, 15) is 54.0 Å². The lowest BCUT2D eigenvalue weighted by atomic mass is 9.82. The Hall–Kier alpha value is -2.35. The van der Waals surface area contributed by atoms with Crippen molar-refractivity contribution in [2.75, 3.05) is 56.8 Å². The maximum atomic E-state index is 12.0. The number of esters is 2. The van der Waals surface area contributed by atoms with Crippen LogP contribution in [0.4, 0.5) is 0 Å². The number of nitrogens with one attached hydrogen (secondary N) is 1. The minimum absolute atomic E-state index is 0.0117. The van der Waals surface area contributed by atoms with E-state index in [0.29, 0.717) is 59.8 Å². The molecule has 5 aliphatic heterocycles. The molecule has 9 fully saturated rings. The van der Waals surface area contributed by atoms with Gasteiger partial charge in [0.2, 0.25) is 21.3 Å². The SMILES string of the molecule is C=C(C)C(=O)SCCNC(=O)COC1C2CC3C1OS(=O)(=O)C3C2.C=C(C)C(=O)SCCOC(=O)COC1C2CC3C(S2)C1OS3(=O)=O.C=C(C)C(=O)SCCOC(=O)COC1C2OS(=O)(=O)C3CC1(C)CC23. The summed E-state index contributed by atoms with van der Waals surface area (Å²) in [6.45, 7) is 17.5. The molecule has 408 valence electrons. The second-order valence-corrected chi connectivity index (χ2v) is 29.6. The van der Waals surface area contributed by atoms with Gasteiger partial charge in [0, 0.05) is 40.9 Å². The molecule has 0 aromatic rings. The van der Waals surface area contributed by atoms with Crippen molar-refractivity contribution in [2.24, 2.45) is 23.2 Å². The number of amides is 1. The van der Waals surface area contributed by atoms with E-state index in [0.717, 1.165) is 48.1 Å². The number of rotatable bonds is 21. The Balaban J connectivity index is 0.000000160. The normalized spacial score (nSPS) is 35.8. The van der Waals surface area contributed by atoms with Gasteiger partial charge in [-0.3, -0.25) is 31.7 Å². The van der Waals surface area contributed by atoms with E-state index in [-0.39, 0.29) is 99.3 Å². The fourth-order valence-corrected chi connectivity index (χ4v) is 20.8. The number of ether oxygens (including phenoxy) is 5. The molecule has 6 bridgehead atoms. The van der Waals surface area contributed by atoms with Crippen LogP contribution >= 0.6 is 47.0 Å². The summed E-state index contributed by atoms with van der Waals surface area (Å²) in [6.07, 6.45) is 0.535. The molecule has 4 saturated carbocycles. The zero-order valence-corrected chi connectivity index (χ0v) is 46.3. The topological polar surface area (TPSA) is 291 Å². The van der Waals surface area contributed by atoms with Crippen LogP contribution in [0.5, 0.6) is 0 Å². The number of carbonyl (C=O) groups excluding carboxylic acids is 6. The van der Waals surface area contributed by atoms with Gasteiger partial charge in [0.25, 0.3) is 30.4 Å². The number of hydrogen-bond donors (Lipinski definition) is 1. The van der Waals surface area contributed by atoms with E-state index in [1.807, 2.05) is 6.92 Å². The average molecular weight is 1160 g/mol. The Bertz CT molecular complexity index is 2460. The van der Waals surface area contributed by atoms with Gasteiger partial charge < -0.3 is 29.0 Å². The molecule has 28 heteroatoms. The molecule has 9 rings (SSSR count). The van der Waals surface area contributed by atoms with Crippen LogP contribution in [0.2, 0.25) is 0 Å². The largest absolute Gasteiger partial charge is 0.463 e. The monoisotopic (exact) mass is 1160 g/mol. The second-order valence-electron chi connectivity index (χ2n) is 19.6. The maximum absolute atomic E-state index is 12.0. The fourth-order valence-electron chi connectivity index (χ4n) is 11.0. The van der Waals surface area contributed by atoms with E-state index in [1.165, 1.54) is 0 Å². The average Bonchev–Trinajstić information content (AvgIpc) is 4.20. The van der Waals surface area contributed by atoms with E-state index in [2.05, 4.69) is 25.1 Å². The summed E-state index contributed by atoms with van der Waals surface area (Å²) in [5.41, 5.74) is 1.10. The van der Waals surface area contributed by atoms with Gasteiger partial charge in [0.1, 0.15) is 56.6 Å². The zero-order valence-electron chi connectivity index (χ0n) is 40.6. The molecule has 21 nitrogen and oxygen atoms in total. The van der Waals surface area contributed by atoms with Crippen molar-refractivity contribution in [1.29, 1.82) is 0 Å². The third-order valence-corrected chi connectivity index (χ3v) is 24.2. The molecular formula is C45H61NO20S7. The summed E-state index contributed by atoms with van der Waals surface area (Å²) in [7, 11) is -10.5. The van der Waals surface area contributed by atoms with Crippen LogP contribution < -0.4 is 5.32 Å². The predicted octanol–water partition coefficient (Wildman–Crippen LogP) is 2.47. The van der Waals surface area contributed by atoms with E-state index in [1.54, 1.807) is 32.5 Å². The molecule has 0 radical (unpaired) electrons. The first-order valence-corrected chi connectivity index (χ1v) is 31.9. The maximum Gasteiger partial charge on any atom is 0.332 e. The second kappa shape index (κ2) is 23.7. The van der Waals surface area contributed by atoms with Crippen LogP contribution in [0.25, 0.3) is 0 Å². The standard InChI is InChI=1S/C16H22O7S2.C15H21NO6S2.C14H18O7S3/c1-9(2)15(18)24-5-4-21-12(17)8-22-14-13-10-6-16(14,3)7-11(10)25(19,20)23-13;1-8(2)15(18)23-4-3-16-12(17)7-21-13-9-5-10-11(6-9)24(19,20)22-14(10)13;1-7(2)14(16)22-4-3-19-10(15)6-20-11-8-5-9-13(23-8)12(11)21-24(9,17)18/h10-11,13-14H,1,4-8H2,2-3H3;9-11,13-14H,1,3-7H2,2H3,(H,16,17);8-9,11-13H,1,3-6H2,2H3. The number of thioether (sulfide) groups is 4. The first-order valence-electron chi connectivity index (χ1n) is 23.6. The molecular weight excluding hydrogens is 1100 g/mol. The Morgan fingerprint density at radius 3 is 1.74 bits per heavy atom. The molecule has 5 saturated heterocycles. The molecule has 1 amide bonds. The van der Waals surface area contributed by atoms with Crippen molar-refractivity contribution < 1.29 is 90.3 Å². The summed E-state index contributed by atoms with van der Waals surface area (Å²) in [4.78, 5) is 69.3. The Kier molecular flexibility index (Phi) is 19.0. The van der Waals surface area contributed by atoms with Crippen LogP contribution in [-0.2, 0) is 95.4 Å². The Labute approximate surface area is 442 Å². The highest BCUT2D eigenvalue weighted by atomic mass is 32.2. The van der Waals surface area contributed by atoms with Crippen molar-refractivity contribution in [3.8, 4) is 0 Å². The molecule has 9 aliphatic rings. The van der Waals surface area contributed by atoms with Gasteiger partial charge in [-0.1, -0.05) is 61.9 Å².